The first kappa shape index (κ1) is 20.1. The maximum atomic E-state index is 13.2. The van der Waals surface area contributed by atoms with Crippen LogP contribution >= 0.6 is 0 Å². The standard InChI is InChI=1S/C23H31N3O3/c1-28-15-13-24-14-16-29-19-23(17-24)9-4-12-26(18-23)22(27)20-5-7-21(8-6-20)25-10-2-3-11-25/h2-3,5-8,10-11H,4,9,12-19H2,1H3/t23-/m1/s1. The summed E-state index contributed by atoms with van der Waals surface area (Å²) in [5.74, 6) is 0.121. The first-order valence-corrected chi connectivity index (χ1v) is 10.5. The summed E-state index contributed by atoms with van der Waals surface area (Å²) in [6.07, 6.45) is 6.14. The number of hydrogen-bond acceptors (Lipinski definition) is 4. The van der Waals surface area contributed by atoms with Crippen LogP contribution in [0.1, 0.15) is 23.2 Å². The molecule has 2 aromatic rings. The minimum absolute atomic E-state index is 0.0171. The Morgan fingerprint density at radius 2 is 1.93 bits per heavy atom. The summed E-state index contributed by atoms with van der Waals surface area (Å²) in [5.41, 5.74) is 1.83. The van der Waals surface area contributed by atoms with Gasteiger partial charge in [0.2, 0.25) is 0 Å². The number of rotatable bonds is 5. The highest BCUT2D eigenvalue weighted by molar-refractivity contribution is 5.94. The fourth-order valence-electron chi connectivity index (χ4n) is 4.59. The van der Waals surface area contributed by atoms with Crippen LogP contribution in [-0.2, 0) is 9.47 Å². The molecule has 3 heterocycles. The fourth-order valence-corrected chi connectivity index (χ4v) is 4.59. The molecular formula is C23H31N3O3. The second-order valence-corrected chi connectivity index (χ2v) is 8.29. The monoisotopic (exact) mass is 397 g/mol. The average Bonchev–Trinajstić information content (AvgIpc) is 3.23. The van der Waals surface area contributed by atoms with E-state index in [2.05, 4.69) is 4.90 Å². The van der Waals surface area contributed by atoms with E-state index in [4.69, 9.17) is 9.47 Å². The third-order valence-corrected chi connectivity index (χ3v) is 6.10. The SMILES string of the molecule is COCCN1CCOC[C@]2(CCCN(C(=O)c3ccc(-n4cccc4)cc3)C2)C1. The number of hydrogen-bond donors (Lipinski definition) is 0. The number of likely N-dealkylation sites (tertiary alicyclic amines) is 1. The highest BCUT2D eigenvalue weighted by Crippen LogP contribution is 2.33. The van der Waals surface area contributed by atoms with Crippen LogP contribution in [0, 0.1) is 5.41 Å². The van der Waals surface area contributed by atoms with Crippen molar-refractivity contribution in [3.63, 3.8) is 0 Å². The molecule has 1 atom stereocenters. The van der Waals surface area contributed by atoms with Crippen LogP contribution in [0.25, 0.3) is 5.69 Å². The second kappa shape index (κ2) is 9.11. The van der Waals surface area contributed by atoms with Gasteiger partial charge in [0.05, 0.1) is 19.8 Å². The van der Waals surface area contributed by atoms with Gasteiger partial charge in [-0.15, -0.1) is 0 Å². The van der Waals surface area contributed by atoms with Crippen molar-refractivity contribution in [2.24, 2.45) is 5.41 Å². The molecule has 2 aliphatic heterocycles. The largest absolute Gasteiger partial charge is 0.383 e. The molecule has 1 spiro atoms. The third-order valence-electron chi connectivity index (χ3n) is 6.10. The van der Waals surface area contributed by atoms with Crippen LogP contribution < -0.4 is 0 Å². The summed E-state index contributed by atoms with van der Waals surface area (Å²) in [7, 11) is 1.74. The molecule has 1 aromatic heterocycles. The van der Waals surface area contributed by atoms with Crippen molar-refractivity contribution in [2.75, 3.05) is 59.7 Å². The van der Waals surface area contributed by atoms with Crippen LogP contribution in [0.2, 0.25) is 0 Å². The van der Waals surface area contributed by atoms with Gasteiger partial charge in [0.1, 0.15) is 0 Å². The number of methoxy groups -OCH3 is 1. The smallest absolute Gasteiger partial charge is 0.253 e. The van der Waals surface area contributed by atoms with E-state index in [1.807, 2.05) is 58.3 Å². The lowest BCUT2D eigenvalue weighted by atomic mass is 9.80. The van der Waals surface area contributed by atoms with Crippen molar-refractivity contribution in [1.29, 1.82) is 0 Å². The number of piperidine rings is 1. The molecule has 0 saturated carbocycles. The first-order chi connectivity index (χ1) is 14.2. The van der Waals surface area contributed by atoms with Gasteiger partial charge in [-0.1, -0.05) is 0 Å². The summed E-state index contributed by atoms with van der Waals surface area (Å²) >= 11 is 0. The van der Waals surface area contributed by atoms with E-state index >= 15 is 0 Å². The van der Waals surface area contributed by atoms with Gasteiger partial charge in [-0.05, 0) is 49.2 Å². The molecule has 2 fully saturated rings. The van der Waals surface area contributed by atoms with Crippen molar-refractivity contribution >= 4 is 5.91 Å². The van der Waals surface area contributed by atoms with E-state index in [9.17, 15) is 4.79 Å². The van der Waals surface area contributed by atoms with Gasteiger partial charge < -0.3 is 18.9 Å². The van der Waals surface area contributed by atoms with Crippen molar-refractivity contribution in [3.8, 4) is 5.69 Å². The summed E-state index contributed by atoms with van der Waals surface area (Å²) in [5, 5.41) is 0. The zero-order valence-corrected chi connectivity index (χ0v) is 17.3. The summed E-state index contributed by atoms with van der Waals surface area (Å²) in [6.45, 7) is 6.59. The topological polar surface area (TPSA) is 46.9 Å². The molecule has 29 heavy (non-hydrogen) atoms. The molecular weight excluding hydrogens is 366 g/mol. The minimum atomic E-state index is 0.0171. The molecule has 2 saturated heterocycles. The van der Waals surface area contributed by atoms with Crippen molar-refractivity contribution in [2.45, 2.75) is 12.8 Å². The quantitative estimate of drug-likeness (QED) is 0.778. The molecule has 156 valence electrons. The van der Waals surface area contributed by atoms with E-state index < -0.39 is 0 Å². The normalized spacial score (nSPS) is 23.3. The Bertz CT molecular complexity index is 790. The van der Waals surface area contributed by atoms with Crippen LogP contribution in [0.5, 0.6) is 0 Å². The number of carbonyl (C=O) groups excluding carboxylic acids is 1. The van der Waals surface area contributed by atoms with E-state index in [-0.39, 0.29) is 11.3 Å². The number of ether oxygens (including phenoxy) is 2. The molecule has 0 N–H and O–H groups in total. The van der Waals surface area contributed by atoms with Crippen molar-refractivity contribution in [3.05, 3.63) is 54.4 Å². The number of carbonyl (C=O) groups is 1. The lowest BCUT2D eigenvalue weighted by molar-refractivity contribution is 0.00620. The van der Waals surface area contributed by atoms with Gasteiger partial charge in [-0.25, -0.2) is 0 Å². The van der Waals surface area contributed by atoms with Crippen LogP contribution in [0.3, 0.4) is 0 Å². The maximum absolute atomic E-state index is 13.2. The van der Waals surface area contributed by atoms with Crippen molar-refractivity contribution < 1.29 is 14.3 Å². The molecule has 0 aliphatic carbocycles. The Labute approximate surface area is 173 Å². The summed E-state index contributed by atoms with van der Waals surface area (Å²) in [6, 6.07) is 11.9. The van der Waals surface area contributed by atoms with Gasteiger partial charge in [-0.2, -0.15) is 0 Å². The molecule has 1 amide bonds. The lowest BCUT2D eigenvalue weighted by Gasteiger charge is -2.43. The van der Waals surface area contributed by atoms with E-state index in [0.29, 0.717) is 0 Å². The van der Waals surface area contributed by atoms with Gasteiger partial charge >= 0.3 is 0 Å². The van der Waals surface area contributed by atoms with Gasteiger partial charge in [0.25, 0.3) is 5.91 Å². The zero-order chi connectivity index (χ0) is 20.1. The Kier molecular flexibility index (Phi) is 6.33. The molecule has 1 aromatic carbocycles. The molecule has 0 radical (unpaired) electrons. The second-order valence-electron chi connectivity index (χ2n) is 8.29. The number of aromatic nitrogens is 1. The van der Waals surface area contributed by atoms with Crippen LogP contribution in [-0.4, -0.2) is 79.9 Å². The minimum Gasteiger partial charge on any atom is -0.383 e. The predicted molar refractivity (Wildman–Crippen MR) is 112 cm³/mol. The molecule has 4 rings (SSSR count). The van der Waals surface area contributed by atoms with E-state index in [0.717, 1.165) is 76.6 Å². The number of nitrogens with zero attached hydrogens (tertiary/aromatic N) is 3. The average molecular weight is 398 g/mol. The molecule has 6 nitrogen and oxygen atoms in total. The van der Waals surface area contributed by atoms with Gasteiger partial charge in [-0.3, -0.25) is 9.69 Å². The fraction of sp³-hybridized carbons (Fsp3) is 0.522. The summed E-state index contributed by atoms with van der Waals surface area (Å²) in [4.78, 5) is 17.7. The lowest BCUT2D eigenvalue weighted by Crippen LogP contribution is -2.52. The first-order valence-electron chi connectivity index (χ1n) is 10.5. The highest BCUT2D eigenvalue weighted by Gasteiger charge is 2.40. The van der Waals surface area contributed by atoms with Crippen LogP contribution in [0.15, 0.2) is 48.8 Å². The van der Waals surface area contributed by atoms with E-state index in [1.165, 1.54) is 0 Å². The maximum Gasteiger partial charge on any atom is 0.253 e. The van der Waals surface area contributed by atoms with Crippen LogP contribution in [0.4, 0.5) is 0 Å². The van der Waals surface area contributed by atoms with Crippen molar-refractivity contribution in [1.82, 2.24) is 14.4 Å². The summed E-state index contributed by atoms with van der Waals surface area (Å²) < 4.78 is 13.3. The number of amides is 1. The molecule has 0 unspecified atom stereocenters. The Morgan fingerprint density at radius 3 is 2.69 bits per heavy atom. The number of benzene rings is 1. The van der Waals surface area contributed by atoms with Gasteiger partial charge in [0, 0.05) is 68.9 Å². The Balaban J connectivity index is 1.45. The Morgan fingerprint density at radius 1 is 1.14 bits per heavy atom. The van der Waals surface area contributed by atoms with Gasteiger partial charge in [0.15, 0.2) is 0 Å². The molecule has 6 heteroatoms. The highest BCUT2D eigenvalue weighted by atomic mass is 16.5. The Hall–Kier alpha value is -2.15. The molecule has 0 bridgehead atoms. The third kappa shape index (κ3) is 4.71. The molecule has 2 aliphatic rings. The zero-order valence-electron chi connectivity index (χ0n) is 17.3. The predicted octanol–water partition coefficient (Wildman–Crippen LogP) is 2.68. The van der Waals surface area contributed by atoms with E-state index in [1.54, 1.807) is 7.11 Å².